The van der Waals surface area contributed by atoms with Crippen LogP contribution in [0.15, 0.2) is 6.33 Å². The molecule has 2 rings (SSSR count). The summed E-state index contributed by atoms with van der Waals surface area (Å²) in [5.41, 5.74) is 0. The molecule has 1 atom stereocenters. The summed E-state index contributed by atoms with van der Waals surface area (Å²) in [5, 5.41) is 11.1. The molecule has 21 heavy (non-hydrogen) atoms. The molecule has 1 heterocycles. The van der Waals surface area contributed by atoms with Gasteiger partial charge in [-0.2, -0.15) is 0 Å². The highest BCUT2D eigenvalue weighted by Gasteiger charge is 2.23. The van der Waals surface area contributed by atoms with Crippen molar-refractivity contribution in [2.75, 3.05) is 13.6 Å². The molecule has 1 aromatic heterocycles. The molecule has 0 saturated heterocycles. The molecular formula is C15H27N5O. The van der Waals surface area contributed by atoms with Crippen LogP contribution in [-0.4, -0.2) is 45.2 Å². The number of nitrogens with zero attached hydrogens (tertiary/aromatic N) is 4. The SMILES string of the molecule is CC(NC(=O)CN(C)C1CCCC1)c1nncn1C(C)C. The number of likely N-dealkylation sites (N-methyl/N-ethyl adjacent to an activating group) is 1. The third kappa shape index (κ3) is 4.03. The zero-order valence-electron chi connectivity index (χ0n) is 13.5. The molecule has 118 valence electrons. The van der Waals surface area contributed by atoms with Gasteiger partial charge in [0.1, 0.15) is 6.33 Å². The lowest BCUT2D eigenvalue weighted by molar-refractivity contribution is -0.123. The Balaban J connectivity index is 1.88. The van der Waals surface area contributed by atoms with Crippen molar-refractivity contribution in [3.8, 4) is 0 Å². The van der Waals surface area contributed by atoms with E-state index < -0.39 is 0 Å². The maximum atomic E-state index is 12.2. The summed E-state index contributed by atoms with van der Waals surface area (Å²) >= 11 is 0. The molecule has 1 saturated carbocycles. The minimum atomic E-state index is -0.126. The van der Waals surface area contributed by atoms with Crippen LogP contribution in [0.4, 0.5) is 0 Å². The van der Waals surface area contributed by atoms with Gasteiger partial charge in [0.05, 0.1) is 12.6 Å². The lowest BCUT2D eigenvalue weighted by Crippen LogP contribution is -2.40. The number of carbonyl (C=O) groups excluding carboxylic acids is 1. The Labute approximate surface area is 126 Å². The summed E-state index contributed by atoms with van der Waals surface area (Å²) in [6.45, 7) is 6.56. The average molecular weight is 293 g/mol. The van der Waals surface area contributed by atoms with Gasteiger partial charge < -0.3 is 9.88 Å². The molecule has 1 fully saturated rings. The molecular weight excluding hydrogens is 266 g/mol. The Morgan fingerprint density at radius 3 is 2.71 bits per heavy atom. The van der Waals surface area contributed by atoms with E-state index in [9.17, 15) is 4.79 Å². The van der Waals surface area contributed by atoms with Gasteiger partial charge in [-0.3, -0.25) is 9.69 Å². The molecule has 0 bridgehead atoms. The van der Waals surface area contributed by atoms with Crippen LogP contribution in [0.25, 0.3) is 0 Å². The van der Waals surface area contributed by atoms with Crippen molar-refractivity contribution in [2.45, 2.75) is 64.6 Å². The van der Waals surface area contributed by atoms with E-state index in [0.717, 1.165) is 5.82 Å². The Morgan fingerprint density at radius 1 is 1.43 bits per heavy atom. The quantitative estimate of drug-likeness (QED) is 0.870. The standard InChI is InChI=1S/C15H27N5O/c1-11(2)20-10-16-18-15(20)12(3)17-14(21)9-19(4)13-7-5-6-8-13/h10-13H,5-9H2,1-4H3,(H,17,21). The van der Waals surface area contributed by atoms with E-state index in [4.69, 9.17) is 0 Å². The number of carbonyl (C=O) groups is 1. The molecule has 1 aliphatic carbocycles. The third-order valence-electron chi connectivity index (χ3n) is 4.26. The first-order valence-corrected chi connectivity index (χ1v) is 7.88. The largest absolute Gasteiger partial charge is 0.345 e. The number of aromatic nitrogens is 3. The Hall–Kier alpha value is -1.43. The second-order valence-corrected chi connectivity index (χ2v) is 6.33. The van der Waals surface area contributed by atoms with E-state index in [0.29, 0.717) is 12.6 Å². The highest BCUT2D eigenvalue weighted by atomic mass is 16.2. The van der Waals surface area contributed by atoms with Gasteiger partial charge in [0.25, 0.3) is 0 Å². The van der Waals surface area contributed by atoms with Gasteiger partial charge in [-0.1, -0.05) is 12.8 Å². The second kappa shape index (κ2) is 7.02. The van der Waals surface area contributed by atoms with Gasteiger partial charge in [-0.05, 0) is 40.7 Å². The van der Waals surface area contributed by atoms with Crippen molar-refractivity contribution in [3.63, 3.8) is 0 Å². The van der Waals surface area contributed by atoms with E-state index in [2.05, 4.69) is 34.3 Å². The minimum Gasteiger partial charge on any atom is -0.345 e. The molecule has 1 amide bonds. The van der Waals surface area contributed by atoms with Crippen LogP contribution >= 0.6 is 0 Å². The zero-order chi connectivity index (χ0) is 15.4. The number of nitrogens with one attached hydrogen (secondary N) is 1. The summed E-state index contributed by atoms with van der Waals surface area (Å²) in [6.07, 6.45) is 6.70. The summed E-state index contributed by atoms with van der Waals surface area (Å²) < 4.78 is 1.99. The van der Waals surface area contributed by atoms with Crippen LogP contribution in [0.5, 0.6) is 0 Å². The number of amides is 1. The van der Waals surface area contributed by atoms with Gasteiger partial charge in [-0.15, -0.1) is 10.2 Å². The number of rotatable bonds is 6. The summed E-state index contributed by atoms with van der Waals surface area (Å²) in [5.74, 6) is 0.858. The van der Waals surface area contributed by atoms with Gasteiger partial charge >= 0.3 is 0 Å². The first-order chi connectivity index (χ1) is 9.99. The maximum Gasteiger partial charge on any atom is 0.234 e. The molecule has 1 N–H and O–H groups in total. The first kappa shape index (κ1) is 15.9. The summed E-state index contributed by atoms with van der Waals surface area (Å²) in [7, 11) is 2.04. The molecule has 1 unspecified atom stereocenters. The number of hydrogen-bond acceptors (Lipinski definition) is 4. The first-order valence-electron chi connectivity index (χ1n) is 7.88. The average Bonchev–Trinajstić information content (AvgIpc) is 3.10. The van der Waals surface area contributed by atoms with Crippen LogP contribution in [-0.2, 0) is 4.79 Å². The molecule has 1 aliphatic rings. The van der Waals surface area contributed by atoms with Crippen LogP contribution in [0.1, 0.15) is 64.4 Å². The van der Waals surface area contributed by atoms with E-state index in [1.54, 1.807) is 6.33 Å². The van der Waals surface area contributed by atoms with Gasteiger partial charge in [0.2, 0.25) is 5.91 Å². The van der Waals surface area contributed by atoms with Crippen LogP contribution in [0.2, 0.25) is 0 Å². The topological polar surface area (TPSA) is 63.1 Å². The van der Waals surface area contributed by atoms with Crippen molar-refractivity contribution in [3.05, 3.63) is 12.2 Å². The lowest BCUT2D eigenvalue weighted by atomic mass is 10.2. The van der Waals surface area contributed by atoms with Crippen LogP contribution in [0.3, 0.4) is 0 Å². The van der Waals surface area contributed by atoms with E-state index in [1.165, 1.54) is 25.7 Å². The highest BCUT2D eigenvalue weighted by Crippen LogP contribution is 2.22. The van der Waals surface area contributed by atoms with E-state index in [-0.39, 0.29) is 18.0 Å². The molecule has 1 aromatic rings. The Kier molecular flexibility index (Phi) is 5.33. The van der Waals surface area contributed by atoms with E-state index in [1.807, 2.05) is 18.5 Å². The fourth-order valence-corrected chi connectivity index (χ4v) is 3.01. The maximum absolute atomic E-state index is 12.2. The minimum absolute atomic E-state index is 0.0511. The Morgan fingerprint density at radius 2 is 2.10 bits per heavy atom. The molecule has 0 radical (unpaired) electrons. The third-order valence-corrected chi connectivity index (χ3v) is 4.26. The lowest BCUT2D eigenvalue weighted by Gasteiger charge is -2.24. The fourth-order valence-electron chi connectivity index (χ4n) is 3.01. The molecule has 6 nitrogen and oxygen atoms in total. The van der Waals surface area contributed by atoms with Gasteiger partial charge in [-0.25, -0.2) is 0 Å². The normalized spacial score (nSPS) is 17.6. The van der Waals surface area contributed by atoms with Crippen LogP contribution in [0, 0.1) is 0 Å². The predicted molar refractivity (Wildman–Crippen MR) is 81.9 cm³/mol. The van der Waals surface area contributed by atoms with Gasteiger partial charge in [0.15, 0.2) is 5.82 Å². The smallest absolute Gasteiger partial charge is 0.234 e. The van der Waals surface area contributed by atoms with Crippen molar-refractivity contribution >= 4 is 5.91 Å². The molecule has 0 aromatic carbocycles. The summed E-state index contributed by atoms with van der Waals surface area (Å²) in [4.78, 5) is 14.4. The van der Waals surface area contributed by atoms with Crippen molar-refractivity contribution in [1.82, 2.24) is 25.0 Å². The van der Waals surface area contributed by atoms with Crippen molar-refractivity contribution < 1.29 is 4.79 Å². The fraction of sp³-hybridized carbons (Fsp3) is 0.800. The molecule has 6 heteroatoms. The predicted octanol–water partition coefficient (Wildman–Crippen LogP) is 1.91. The number of hydrogen-bond donors (Lipinski definition) is 1. The van der Waals surface area contributed by atoms with Crippen LogP contribution < -0.4 is 5.32 Å². The molecule has 0 spiro atoms. The van der Waals surface area contributed by atoms with Crippen molar-refractivity contribution in [2.24, 2.45) is 0 Å². The zero-order valence-corrected chi connectivity index (χ0v) is 13.5. The summed E-state index contributed by atoms with van der Waals surface area (Å²) in [6, 6.07) is 0.722. The van der Waals surface area contributed by atoms with E-state index >= 15 is 0 Å². The second-order valence-electron chi connectivity index (χ2n) is 6.33. The highest BCUT2D eigenvalue weighted by molar-refractivity contribution is 5.78. The monoisotopic (exact) mass is 293 g/mol. The van der Waals surface area contributed by atoms with Crippen molar-refractivity contribution in [1.29, 1.82) is 0 Å². The molecule has 0 aliphatic heterocycles. The Bertz CT molecular complexity index is 464. The van der Waals surface area contributed by atoms with Gasteiger partial charge in [0, 0.05) is 12.1 Å².